The number of hydrogen-bond acceptors (Lipinski definition) is 3. The molecule has 1 atom stereocenters. The summed E-state index contributed by atoms with van der Waals surface area (Å²) in [6.07, 6.45) is 9.46. The Morgan fingerprint density at radius 2 is 1.77 bits per heavy atom. The highest BCUT2D eigenvalue weighted by Gasteiger charge is 2.51. The van der Waals surface area contributed by atoms with Gasteiger partial charge < -0.3 is 10.2 Å². The molecule has 2 heterocycles. The smallest absolute Gasteiger partial charge is 0.225 e. The summed E-state index contributed by atoms with van der Waals surface area (Å²) in [6, 6.07) is 10.9. The molecule has 4 nitrogen and oxygen atoms in total. The normalized spacial score (nSPS) is 25.8. The van der Waals surface area contributed by atoms with Gasteiger partial charge in [-0.3, -0.25) is 9.69 Å². The molecule has 1 aromatic carbocycles. The molecule has 3 fully saturated rings. The average Bonchev–Trinajstić information content (AvgIpc) is 3.08. The number of nitrogens with one attached hydrogen (secondary N) is 1. The van der Waals surface area contributed by atoms with Gasteiger partial charge in [0.05, 0.1) is 5.92 Å². The predicted octanol–water partition coefficient (Wildman–Crippen LogP) is 4.31. The maximum Gasteiger partial charge on any atom is 0.225 e. The number of carbonyl (C=O) groups excluding carboxylic acids is 1. The summed E-state index contributed by atoms with van der Waals surface area (Å²) in [5.74, 6) is 1.31. The predicted molar refractivity (Wildman–Crippen MR) is 123 cm³/mol. The molecule has 0 aromatic heterocycles. The second-order valence-corrected chi connectivity index (χ2v) is 10.5. The molecule has 1 aromatic rings. The highest BCUT2D eigenvalue weighted by atomic mass is 16.2. The van der Waals surface area contributed by atoms with Crippen LogP contribution in [0, 0.1) is 17.3 Å². The quantitative estimate of drug-likeness (QED) is 0.758. The van der Waals surface area contributed by atoms with Crippen LogP contribution >= 0.6 is 0 Å². The lowest BCUT2D eigenvalue weighted by atomic mass is 9.70. The number of carbonyl (C=O) groups is 1. The van der Waals surface area contributed by atoms with Crippen molar-refractivity contribution in [3.8, 4) is 0 Å². The second-order valence-electron chi connectivity index (χ2n) is 10.5. The van der Waals surface area contributed by atoms with Crippen LogP contribution in [0.2, 0.25) is 0 Å². The molecule has 2 saturated heterocycles. The van der Waals surface area contributed by atoms with Gasteiger partial charge in [0.25, 0.3) is 0 Å². The first-order valence-electron chi connectivity index (χ1n) is 12.3. The molecular weight excluding hydrogens is 370 g/mol. The van der Waals surface area contributed by atoms with Gasteiger partial charge in [0.2, 0.25) is 5.91 Å². The van der Waals surface area contributed by atoms with Crippen molar-refractivity contribution in [3.63, 3.8) is 0 Å². The van der Waals surface area contributed by atoms with Crippen molar-refractivity contribution in [2.24, 2.45) is 17.3 Å². The molecule has 4 heteroatoms. The Hall–Kier alpha value is -1.39. The Bertz CT molecular complexity index is 675. The van der Waals surface area contributed by atoms with Crippen LogP contribution in [0.1, 0.15) is 64.4 Å². The van der Waals surface area contributed by atoms with Crippen LogP contribution in [0.3, 0.4) is 0 Å². The van der Waals surface area contributed by atoms with Crippen molar-refractivity contribution >= 4 is 5.91 Å². The number of piperidine rings is 1. The summed E-state index contributed by atoms with van der Waals surface area (Å²) in [5, 5.41) is 3.24. The molecule has 3 aliphatic rings. The van der Waals surface area contributed by atoms with Crippen molar-refractivity contribution in [2.75, 3.05) is 32.7 Å². The summed E-state index contributed by atoms with van der Waals surface area (Å²) in [5.41, 5.74) is 1.50. The number of amides is 1. The van der Waals surface area contributed by atoms with E-state index in [4.69, 9.17) is 0 Å². The third kappa shape index (κ3) is 5.26. The topological polar surface area (TPSA) is 35.6 Å². The summed E-state index contributed by atoms with van der Waals surface area (Å²) in [4.78, 5) is 18.4. The molecule has 0 bridgehead atoms. The zero-order valence-corrected chi connectivity index (χ0v) is 19.1. The lowest BCUT2D eigenvalue weighted by Gasteiger charge is -2.43. The third-order valence-electron chi connectivity index (χ3n) is 7.81. The van der Waals surface area contributed by atoms with E-state index in [0.717, 1.165) is 25.6 Å². The summed E-state index contributed by atoms with van der Waals surface area (Å²) < 4.78 is 0. The van der Waals surface area contributed by atoms with Crippen molar-refractivity contribution in [1.29, 1.82) is 0 Å². The fourth-order valence-electron chi connectivity index (χ4n) is 6.20. The first-order chi connectivity index (χ1) is 14.5. The van der Waals surface area contributed by atoms with Gasteiger partial charge in [-0.25, -0.2) is 0 Å². The van der Waals surface area contributed by atoms with Gasteiger partial charge in [-0.05, 0) is 69.5 Å². The van der Waals surface area contributed by atoms with E-state index in [0.29, 0.717) is 0 Å². The van der Waals surface area contributed by atoms with Crippen molar-refractivity contribution in [1.82, 2.24) is 15.1 Å². The largest absolute Gasteiger partial charge is 0.354 e. The monoisotopic (exact) mass is 411 g/mol. The number of nitrogens with zero attached hydrogens (tertiary/aromatic N) is 2. The van der Waals surface area contributed by atoms with Crippen LogP contribution in [-0.2, 0) is 11.3 Å². The van der Waals surface area contributed by atoms with Gasteiger partial charge in [0.1, 0.15) is 0 Å². The zero-order chi connectivity index (χ0) is 21.0. The molecule has 1 N–H and O–H groups in total. The maximum absolute atomic E-state index is 13.2. The Morgan fingerprint density at radius 3 is 2.43 bits per heavy atom. The summed E-state index contributed by atoms with van der Waals surface area (Å²) >= 11 is 0. The lowest BCUT2D eigenvalue weighted by Crippen LogP contribution is -2.50. The fourth-order valence-corrected chi connectivity index (χ4v) is 6.20. The molecular formula is C26H41N3O. The minimum Gasteiger partial charge on any atom is -0.354 e. The van der Waals surface area contributed by atoms with Gasteiger partial charge in [0.15, 0.2) is 0 Å². The Morgan fingerprint density at radius 1 is 1.07 bits per heavy atom. The first kappa shape index (κ1) is 21.8. The molecule has 0 radical (unpaired) electrons. The molecule has 2 aliphatic heterocycles. The highest BCUT2D eigenvalue weighted by Crippen LogP contribution is 2.45. The van der Waals surface area contributed by atoms with Gasteiger partial charge in [-0.2, -0.15) is 0 Å². The Labute approximate surface area is 183 Å². The van der Waals surface area contributed by atoms with Crippen molar-refractivity contribution < 1.29 is 4.79 Å². The number of hydrogen-bond donors (Lipinski definition) is 1. The summed E-state index contributed by atoms with van der Waals surface area (Å²) in [7, 11) is 0. The van der Waals surface area contributed by atoms with E-state index in [1.165, 1.54) is 70.1 Å². The molecule has 1 amide bonds. The van der Waals surface area contributed by atoms with Gasteiger partial charge in [-0.15, -0.1) is 0 Å². The number of benzene rings is 1. The number of rotatable bonds is 6. The van der Waals surface area contributed by atoms with Crippen LogP contribution in [-0.4, -0.2) is 54.5 Å². The molecule has 4 rings (SSSR count). The molecule has 1 aliphatic carbocycles. The minimum absolute atomic E-state index is 0.125. The standard InChI is InChI=1S/C26H41N3O/c1-21(2)27-25(30)24-19-29(18-23-11-7-4-8-12-23)20-26(24)13-15-28(16-14-26)17-22-9-5-3-6-10-22/h4,7-8,11-12,21-22,24H,3,5-6,9-10,13-20H2,1-2H3,(H,27,30). The SMILES string of the molecule is CC(C)NC(=O)C1CN(Cc2ccccc2)CC12CCN(CC1CCCCC1)CC2. The highest BCUT2D eigenvalue weighted by molar-refractivity contribution is 5.80. The van der Waals surface area contributed by atoms with Crippen LogP contribution in [0.25, 0.3) is 0 Å². The maximum atomic E-state index is 13.2. The van der Waals surface area contributed by atoms with Gasteiger partial charge in [-0.1, -0.05) is 49.6 Å². The number of likely N-dealkylation sites (tertiary alicyclic amines) is 2. The summed E-state index contributed by atoms with van der Waals surface area (Å²) in [6.45, 7) is 10.7. The van der Waals surface area contributed by atoms with E-state index in [2.05, 4.69) is 59.3 Å². The fraction of sp³-hybridized carbons (Fsp3) is 0.731. The molecule has 1 unspecified atom stereocenters. The van der Waals surface area contributed by atoms with E-state index in [9.17, 15) is 4.79 Å². The average molecular weight is 412 g/mol. The van der Waals surface area contributed by atoms with E-state index in [1.807, 2.05) is 0 Å². The Balaban J connectivity index is 1.41. The van der Waals surface area contributed by atoms with Gasteiger partial charge in [0, 0.05) is 32.2 Å². The lowest BCUT2D eigenvalue weighted by molar-refractivity contribution is -0.129. The van der Waals surface area contributed by atoms with Crippen LogP contribution in [0.5, 0.6) is 0 Å². The van der Waals surface area contributed by atoms with Crippen LogP contribution in [0.4, 0.5) is 0 Å². The third-order valence-corrected chi connectivity index (χ3v) is 7.81. The Kier molecular flexibility index (Phi) is 7.15. The molecule has 166 valence electrons. The van der Waals surface area contributed by atoms with Crippen LogP contribution in [0.15, 0.2) is 30.3 Å². The molecule has 30 heavy (non-hydrogen) atoms. The zero-order valence-electron chi connectivity index (χ0n) is 19.1. The second kappa shape index (κ2) is 9.82. The van der Waals surface area contributed by atoms with E-state index < -0.39 is 0 Å². The van der Waals surface area contributed by atoms with E-state index in [1.54, 1.807) is 0 Å². The first-order valence-corrected chi connectivity index (χ1v) is 12.3. The van der Waals surface area contributed by atoms with Crippen LogP contribution < -0.4 is 5.32 Å². The minimum atomic E-state index is 0.125. The van der Waals surface area contributed by atoms with Gasteiger partial charge >= 0.3 is 0 Å². The molecule has 1 saturated carbocycles. The van der Waals surface area contributed by atoms with E-state index >= 15 is 0 Å². The van der Waals surface area contributed by atoms with Crippen molar-refractivity contribution in [2.45, 2.75) is 71.4 Å². The van der Waals surface area contributed by atoms with E-state index in [-0.39, 0.29) is 23.3 Å². The molecule has 1 spiro atoms. The van der Waals surface area contributed by atoms with Crippen molar-refractivity contribution in [3.05, 3.63) is 35.9 Å².